The Hall–Kier alpha value is -1.98. The summed E-state index contributed by atoms with van der Waals surface area (Å²) in [6.07, 6.45) is -3.11. The molecule has 0 spiro atoms. The number of aryl methyl sites for hydroxylation is 1. The second-order valence-electron chi connectivity index (χ2n) is 3.58. The molecule has 1 aromatic heterocycles. The number of alkyl halides is 3. The minimum Gasteiger partial charge on any atom is -0.504 e. The molecule has 17 heavy (non-hydrogen) atoms. The molecule has 0 unspecified atom stereocenters. The molecular weight excluding hydrogens is 233 g/mol. The van der Waals surface area contributed by atoms with Crippen molar-refractivity contribution < 1.29 is 18.3 Å². The number of rotatable bonds is 1. The zero-order chi connectivity index (χ0) is 12.6. The predicted octanol–water partition coefficient (Wildman–Crippen LogP) is 2.81. The summed E-state index contributed by atoms with van der Waals surface area (Å²) in [5, 5.41) is 13.3. The van der Waals surface area contributed by atoms with Gasteiger partial charge in [0.25, 0.3) is 0 Å². The standard InChI is InChI=1S/C11H9F3N2O/c1-16-10(9(17)6-15-16)7-2-4-8(5-3-7)11(12,13)14/h2-6,17H,1H3. The molecule has 2 aromatic rings. The number of hydrogen-bond acceptors (Lipinski definition) is 2. The molecule has 0 bridgehead atoms. The summed E-state index contributed by atoms with van der Waals surface area (Å²) in [5.74, 6) is -0.0627. The molecule has 1 aromatic carbocycles. The Bertz CT molecular complexity index is 509. The van der Waals surface area contributed by atoms with Crippen molar-refractivity contribution in [1.29, 1.82) is 0 Å². The molecule has 3 nitrogen and oxygen atoms in total. The molecule has 1 heterocycles. The lowest BCUT2D eigenvalue weighted by molar-refractivity contribution is -0.137. The number of hydrogen-bond donors (Lipinski definition) is 1. The van der Waals surface area contributed by atoms with Crippen molar-refractivity contribution >= 4 is 0 Å². The van der Waals surface area contributed by atoms with E-state index in [1.807, 2.05) is 0 Å². The van der Waals surface area contributed by atoms with Crippen LogP contribution in [0.25, 0.3) is 11.3 Å². The average molecular weight is 242 g/mol. The molecular formula is C11H9F3N2O. The third-order valence-corrected chi connectivity index (χ3v) is 2.41. The molecule has 2 rings (SSSR count). The van der Waals surface area contributed by atoms with Crippen molar-refractivity contribution in [3.63, 3.8) is 0 Å². The molecule has 0 radical (unpaired) electrons. The van der Waals surface area contributed by atoms with Crippen LogP contribution >= 0.6 is 0 Å². The lowest BCUT2D eigenvalue weighted by Crippen LogP contribution is -2.04. The van der Waals surface area contributed by atoms with Gasteiger partial charge in [0.1, 0.15) is 5.69 Å². The van der Waals surface area contributed by atoms with E-state index in [0.29, 0.717) is 11.3 Å². The maximum Gasteiger partial charge on any atom is 0.416 e. The molecule has 1 N–H and O–H groups in total. The molecule has 0 aliphatic rings. The van der Waals surface area contributed by atoms with E-state index in [0.717, 1.165) is 12.1 Å². The van der Waals surface area contributed by atoms with Crippen molar-refractivity contribution in [3.8, 4) is 17.0 Å². The monoisotopic (exact) mass is 242 g/mol. The lowest BCUT2D eigenvalue weighted by Gasteiger charge is -2.08. The highest BCUT2D eigenvalue weighted by atomic mass is 19.4. The van der Waals surface area contributed by atoms with Crippen LogP contribution < -0.4 is 0 Å². The van der Waals surface area contributed by atoms with Gasteiger partial charge in [-0.1, -0.05) is 12.1 Å². The van der Waals surface area contributed by atoms with Gasteiger partial charge in [0.05, 0.1) is 11.8 Å². The second-order valence-corrected chi connectivity index (χ2v) is 3.58. The summed E-state index contributed by atoms with van der Waals surface area (Å²) < 4.78 is 38.5. The van der Waals surface area contributed by atoms with Gasteiger partial charge in [0, 0.05) is 12.6 Å². The van der Waals surface area contributed by atoms with Crippen LogP contribution in [-0.4, -0.2) is 14.9 Å². The Balaban J connectivity index is 2.43. The Morgan fingerprint density at radius 2 is 1.76 bits per heavy atom. The number of aromatic hydroxyl groups is 1. The average Bonchev–Trinajstić information content (AvgIpc) is 2.58. The van der Waals surface area contributed by atoms with E-state index in [9.17, 15) is 18.3 Å². The summed E-state index contributed by atoms with van der Waals surface area (Å²) in [6, 6.07) is 4.56. The molecule has 0 aliphatic carbocycles. The summed E-state index contributed by atoms with van der Waals surface area (Å²) >= 11 is 0. The van der Waals surface area contributed by atoms with Crippen molar-refractivity contribution in [2.75, 3.05) is 0 Å². The zero-order valence-electron chi connectivity index (χ0n) is 8.86. The van der Waals surface area contributed by atoms with Gasteiger partial charge in [-0.15, -0.1) is 0 Å². The smallest absolute Gasteiger partial charge is 0.416 e. The van der Waals surface area contributed by atoms with Crippen LogP contribution in [-0.2, 0) is 13.2 Å². The Kier molecular flexibility index (Phi) is 2.57. The molecule has 0 atom stereocenters. The number of nitrogens with zero attached hydrogens (tertiary/aromatic N) is 2. The molecule has 6 heteroatoms. The van der Waals surface area contributed by atoms with Crippen molar-refractivity contribution in [3.05, 3.63) is 36.0 Å². The number of aromatic nitrogens is 2. The van der Waals surface area contributed by atoms with E-state index in [1.165, 1.54) is 23.0 Å². The van der Waals surface area contributed by atoms with Crippen LogP contribution in [0.1, 0.15) is 5.56 Å². The quantitative estimate of drug-likeness (QED) is 0.835. The van der Waals surface area contributed by atoms with Gasteiger partial charge in [-0.3, -0.25) is 4.68 Å². The first-order valence-corrected chi connectivity index (χ1v) is 4.78. The fourth-order valence-electron chi connectivity index (χ4n) is 1.58. The fraction of sp³-hybridized carbons (Fsp3) is 0.182. The first-order chi connectivity index (χ1) is 7.89. The SMILES string of the molecule is Cn1ncc(O)c1-c1ccc(C(F)(F)F)cc1. The van der Waals surface area contributed by atoms with E-state index in [-0.39, 0.29) is 5.75 Å². The Morgan fingerprint density at radius 1 is 1.18 bits per heavy atom. The van der Waals surface area contributed by atoms with Crippen LogP contribution in [0.5, 0.6) is 5.75 Å². The van der Waals surface area contributed by atoms with Crippen molar-refractivity contribution in [2.45, 2.75) is 6.18 Å². The molecule has 0 amide bonds. The van der Waals surface area contributed by atoms with Gasteiger partial charge in [0.2, 0.25) is 0 Å². The molecule has 0 aliphatic heterocycles. The van der Waals surface area contributed by atoms with Gasteiger partial charge < -0.3 is 5.11 Å². The van der Waals surface area contributed by atoms with Crippen molar-refractivity contribution in [1.82, 2.24) is 9.78 Å². The van der Waals surface area contributed by atoms with Gasteiger partial charge in [0.15, 0.2) is 5.75 Å². The van der Waals surface area contributed by atoms with Crippen LogP contribution in [0.15, 0.2) is 30.5 Å². The van der Waals surface area contributed by atoms with E-state index in [2.05, 4.69) is 5.10 Å². The Labute approximate surface area is 95.1 Å². The summed E-state index contributed by atoms with van der Waals surface area (Å²) in [6.45, 7) is 0. The van der Waals surface area contributed by atoms with Crippen LogP contribution in [0.4, 0.5) is 13.2 Å². The minimum absolute atomic E-state index is 0.0627. The highest BCUT2D eigenvalue weighted by Gasteiger charge is 2.30. The van der Waals surface area contributed by atoms with E-state index < -0.39 is 11.7 Å². The third-order valence-electron chi connectivity index (χ3n) is 2.41. The van der Waals surface area contributed by atoms with Crippen molar-refractivity contribution in [2.24, 2.45) is 7.05 Å². The van der Waals surface area contributed by atoms with Crippen LogP contribution in [0.3, 0.4) is 0 Å². The molecule has 0 saturated heterocycles. The lowest BCUT2D eigenvalue weighted by atomic mass is 10.1. The third kappa shape index (κ3) is 2.11. The summed E-state index contributed by atoms with van der Waals surface area (Å²) in [7, 11) is 1.60. The largest absolute Gasteiger partial charge is 0.504 e. The Morgan fingerprint density at radius 3 is 2.18 bits per heavy atom. The molecule has 0 fully saturated rings. The normalized spacial score (nSPS) is 11.8. The predicted molar refractivity (Wildman–Crippen MR) is 55.3 cm³/mol. The van der Waals surface area contributed by atoms with Gasteiger partial charge in [-0.25, -0.2) is 0 Å². The zero-order valence-corrected chi connectivity index (χ0v) is 8.86. The molecule has 90 valence electrons. The first-order valence-electron chi connectivity index (χ1n) is 4.78. The maximum atomic E-state index is 12.4. The minimum atomic E-state index is -4.35. The van der Waals surface area contributed by atoms with E-state index >= 15 is 0 Å². The van der Waals surface area contributed by atoms with Gasteiger partial charge in [-0.05, 0) is 12.1 Å². The highest BCUT2D eigenvalue weighted by Crippen LogP contribution is 2.33. The fourth-order valence-corrected chi connectivity index (χ4v) is 1.58. The number of benzene rings is 1. The van der Waals surface area contributed by atoms with E-state index in [1.54, 1.807) is 7.05 Å². The van der Waals surface area contributed by atoms with E-state index in [4.69, 9.17) is 0 Å². The summed E-state index contributed by atoms with van der Waals surface area (Å²) in [4.78, 5) is 0. The molecule has 0 saturated carbocycles. The highest BCUT2D eigenvalue weighted by molar-refractivity contribution is 5.66. The summed E-state index contributed by atoms with van der Waals surface area (Å²) in [5.41, 5.74) is 0.150. The van der Waals surface area contributed by atoms with Gasteiger partial charge >= 0.3 is 6.18 Å². The van der Waals surface area contributed by atoms with Gasteiger partial charge in [-0.2, -0.15) is 18.3 Å². The maximum absolute atomic E-state index is 12.4. The number of halogens is 3. The van der Waals surface area contributed by atoms with Crippen LogP contribution in [0, 0.1) is 0 Å². The van der Waals surface area contributed by atoms with Crippen LogP contribution in [0.2, 0.25) is 0 Å². The first kappa shape index (κ1) is 11.5. The second kappa shape index (κ2) is 3.80. The topological polar surface area (TPSA) is 38.0 Å².